The van der Waals surface area contributed by atoms with Crippen LogP contribution in [0.25, 0.3) is 15.7 Å². The van der Waals surface area contributed by atoms with Gasteiger partial charge in [-0.3, -0.25) is 4.40 Å². The van der Waals surface area contributed by atoms with Crippen LogP contribution in [0.1, 0.15) is 21.6 Å². The zero-order valence-corrected chi connectivity index (χ0v) is 14.3. The highest BCUT2D eigenvalue weighted by Crippen LogP contribution is 2.23. The molecular weight excluding hydrogens is 346 g/mol. The predicted molar refractivity (Wildman–Crippen MR) is 93.7 cm³/mol. The van der Waals surface area contributed by atoms with Crippen molar-refractivity contribution >= 4 is 44.6 Å². The number of hydrogen-bond acceptors (Lipinski definition) is 5. The van der Waals surface area contributed by atoms with Gasteiger partial charge in [-0.2, -0.15) is 0 Å². The first-order chi connectivity index (χ1) is 11.6. The minimum atomic E-state index is -0.417. The number of pyridine rings is 1. The molecule has 0 unspecified atom stereocenters. The van der Waals surface area contributed by atoms with Crippen LogP contribution < -0.4 is 0 Å². The number of ether oxygens (including phenoxy) is 1. The molecule has 7 heteroatoms. The molecule has 0 radical (unpaired) electrons. The first-order valence-electron chi connectivity index (χ1n) is 7.24. The molecule has 24 heavy (non-hydrogen) atoms. The molecule has 3 heterocycles. The van der Waals surface area contributed by atoms with E-state index in [2.05, 4.69) is 9.97 Å². The molecule has 0 atom stereocenters. The molecule has 0 saturated carbocycles. The number of imidazole rings is 1. The first kappa shape index (κ1) is 15.1. The van der Waals surface area contributed by atoms with Crippen molar-refractivity contribution in [2.24, 2.45) is 0 Å². The fourth-order valence-corrected chi connectivity index (χ4v) is 3.51. The van der Waals surface area contributed by atoms with E-state index < -0.39 is 5.97 Å². The molecule has 0 aliphatic carbocycles. The highest BCUT2D eigenvalue weighted by molar-refractivity contribution is 7.15. The number of benzene rings is 1. The number of carbonyl (C=O) groups is 1. The van der Waals surface area contributed by atoms with Crippen molar-refractivity contribution in [1.29, 1.82) is 0 Å². The Hall–Kier alpha value is -2.44. The summed E-state index contributed by atoms with van der Waals surface area (Å²) in [4.78, 5) is 21.6. The van der Waals surface area contributed by atoms with Gasteiger partial charge in [-0.05, 0) is 24.6 Å². The third-order valence-electron chi connectivity index (χ3n) is 3.72. The van der Waals surface area contributed by atoms with Crippen molar-refractivity contribution in [3.63, 3.8) is 0 Å². The van der Waals surface area contributed by atoms with Crippen LogP contribution >= 0.6 is 22.9 Å². The van der Waals surface area contributed by atoms with E-state index in [0.29, 0.717) is 16.4 Å². The van der Waals surface area contributed by atoms with Gasteiger partial charge >= 0.3 is 5.97 Å². The van der Waals surface area contributed by atoms with Crippen LogP contribution in [0.2, 0.25) is 5.15 Å². The molecule has 0 fully saturated rings. The largest absolute Gasteiger partial charge is 0.456 e. The highest BCUT2D eigenvalue weighted by atomic mass is 35.5. The fraction of sp³-hybridized carbons (Fsp3) is 0.118. The van der Waals surface area contributed by atoms with Crippen molar-refractivity contribution in [3.05, 3.63) is 64.1 Å². The summed E-state index contributed by atoms with van der Waals surface area (Å²) in [6.45, 7) is 2.07. The zero-order chi connectivity index (χ0) is 16.7. The number of aryl methyl sites for hydroxylation is 1. The van der Waals surface area contributed by atoms with E-state index >= 15 is 0 Å². The summed E-state index contributed by atoms with van der Waals surface area (Å²) in [6.07, 6.45) is 3.29. The Morgan fingerprint density at radius 2 is 2.25 bits per heavy atom. The van der Waals surface area contributed by atoms with Gasteiger partial charge in [0.1, 0.15) is 28.6 Å². The quantitative estimate of drug-likeness (QED) is 0.406. The smallest absolute Gasteiger partial charge is 0.356 e. The average molecular weight is 358 g/mol. The summed E-state index contributed by atoms with van der Waals surface area (Å²) in [5.41, 5.74) is 3.08. The molecule has 0 bridgehead atoms. The Balaban J connectivity index is 1.58. The van der Waals surface area contributed by atoms with Crippen molar-refractivity contribution in [2.45, 2.75) is 13.5 Å². The number of thiazole rings is 1. The highest BCUT2D eigenvalue weighted by Gasteiger charge is 2.15. The Morgan fingerprint density at radius 3 is 3.12 bits per heavy atom. The summed E-state index contributed by atoms with van der Waals surface area (Å²) in [5.74, 6) is -0.417. The van der Waals surface area contributed by atoms with Crippen molar-refractivity contribution in [3.8, 4) is 0 Å². The fourth-order valence-electron chi connectivity index (χ4n) is 2.49. The van der Waals surface area contributed by atoms with Crippen LogP contribution in [0.15, 0.2) is 42.2 Å². The van der Waals surface area contributed by atoms with E-state index in [4.69, 9.17) is 16.3 Å². The van der Waals surface area contributed by atoms with Crippen LogP contribution in [0.3, 0.4) is 0 Å². The molecule has 0 spiro atoms. The molecule has 0 N–H and O–H groups in total. The lowest BCUT2D eigenvalue weighted by Gasteiger charge is -2.08. The van der Waals surface area contributed by atoms with E-state index in [9.17, 15) is 4.79 Å². The van der Waals surface area contributed by atoms with Gasteiger partial charge in [0.15, 0.2) is 0 Å². The van der Waals surface area contributed by atoms with E-state index in [-0.39, 0.29) is 6.61 Å². The molecule has 120 valence electrons. The van der Waals surface area contributed by atoms with E-state index in [0.717, 1.165) is 21.3 Å². The lowest BCUT2D eigenvalue weighted by atomic mass is 10.1. The molecule has 4 rings (SSSR count). The van der Waals surface area contributed by atoms with E-state index in [1.165, 1.54) is 11.3 Å². The molecule has 0 amide bonds. The number of nitrogens with zero attached hydrogens (tertiary/aromatic N) is 3. The number of rotatable bonds is 3. The second-order valence-corrected chi connectivity index (χ2v) is 6.68. The summed E-state index contributed by atoms with van der Waals surface area (Å²) in [6, 6.07) is 7.86. The number of halogens is 1. The van der Waals surface area contributed by atoms with E-state index in [1.807, 2.05) is 31.2 Å². The van der Waals surface area contributed by atoms with Crippen LogP contribution in [-0.4, -0.2) is 20.3 Å². The van der Waals surface area contributed by atoms with Gasteiger partial charge in [0.2, 0.25) is 0 Å². The molecule has 0 aliphatic rings. The maximum atomic E-state index is 12.3. The molecule has 0 saturated heterocycles. The molecular formula is C17H12ClN3O2S. The van der Waals surface area contributed by atoms with Gasteiger partial charge in [-0.15, -0.1) is 11.3 Å². The first-order valence-corrected chi connectivity index (χ1v) is 8.50. The summed E-state index contributed by atoms with van der Waals surface area (Å²) in [5, 5.41) is 3.06. The molecule has 0 aliphatic heterocycles. The second kappa shape index (κ2) is 5.89. The molecule has 3 aromatic heterocycles. The minimum absolute atomic E-state index is 0.0700. The molecule has 4 aromatic rings. The number of esters is 1. The lowest BCUT2D eigenvalue weighted by Crippen LogP contribution is -2.08. The third kappa shape index (κ3) is 2.64. The van der Waals surface area contributed by atoms with Gasteiger partial charge in [-0.25, -0.2) is 14.8 Å². The summed E-state index contributed by atoms with van der Waals surface area (Å²) < 4.78 is 7.10. The predicted octanol–water partition coefficient (Wildman–Crippen LogP) is 4.26. The summed E-state index contributed by atoms with van der Waals surface area (Å²) >= 11 is 7.66. The Morgan fingerprint density at radius 1 is 1.38 bits per heavy atom. The third-order valence-corrected chi connectivity index (χ3v) is 4.93. The Labute approximate surface area is 146 Å². The van der Waals surface area contributed by atoms with Crippen LogP contribution in [0.4, 0.5) is 0 Å². The van der Waals surface area contributed by atoms with Crippen molar-refractivity contribution in [2.75, 3.05) is 0 Å². The standard InChI is InChI=1S/C17H12ClN3O2S/c1-10-2-3-11-5-12(16(18)20-13(11)4-10)7-23-17(22)14-8-24-15-6-19-9-21(14)15/h2-6,8-9H,7H2,1H3. The van der Waals surface area contributed by atoms with Gasteiger partial charge in [-0.1, -0.05) is 23.7 Å². The Bertz CT molecular complexity index is 1070. The topological polar surface area (TPSA) is 56.5 Å². The SMILES string of the molecule is Cc1ccc2cc(COC(=O)c3csc4cncn34)c(Cl)nc2c1. The van der Waals surface area contributed by atoms with Gasteiger partial charge in [0.05, 0.1) is 11.7 Å². The average Bonchev–Trinajstić information content (AvgIpc) is 3.15. The summed E-state index contributed by atoms with van der Waals surface area (Å²) in [7, 11) is 0. The zero-order valence-electron chi connectivity index (χ0n) is 12.7. The number of fused-ring (bicyclic) bond motifs is 2. The van der Waals surface area contributed by atoms with Crippen molar-refractivity contribution in [1.82, 2.24) is 14.4 Å². The second-order valence-electron chi connectivity index (χ2n) is 5.43. The molecule has 1 aromatic carbocycles. The van der Waals surface area contributed by atoms with Crippen LogP contribution in [-0.2, 0) is 11.3 Å². The van der Waals surface area contributed by atoms with Gasteiger partial charge < -0.3 is 4.74 Å². The number of carbonyl (C=O) groups excluding carboxylic acids is 1. The van der Waals surface area contributed by atoms with Gasteiger partial charge in [0, 0.05) is 16.3 Å². The van der Waals surface area contributed by atoms with Crippen LogP contribution in [0, 0.1) is 6.92 Å². The number of hydrogen-bond donors (Lipinski definition) is 0. The maximum Gasteiger partial charge on any atom is 0.356 e. The minimum Gasteiger partial charge on any atom is -0.456 e. The lowest BCUT2D eigenvalue weighted by molar-refractivity contribution is 0.0465. The van der Waals surface area contributed by atoms with Crippen molar-refractivity contribution < 1.29 is 9.53 Å². The normalized spacial score (nSPS) is 11.2. The maximum absolute atomic E-state index is 12.3. The van der Waals surface area contributed by atoms with E-state index in [1.54, 1.807) is 22.3 Å². The molecule has 5 nitrogen and oxygen atoms in total. The Kier molecular flexibility index (Phi) is 3.70. The van der Waals surface area contributed by atoms with Gasteiger partial charge in [0.25, 0.3) is 0 Å². The monoisotopic (exact) mass is 357 g/mol. The number of aromatic nitrogens is 3. The van der Waals surface area contributed by atoms with Crippen LogP contribution in [0.5, 0.6) is 0 Å².